The van der Waals surface area contributed by atoms with Gasteiger partial charge < -0.3 is 0 Å². The second-order valence-electron chi connectivity index (χ2n) is 4.97. The number of nitrogens with zero attached hydrogens (tertiary/aromatic N) is 3. The minimum Gasteiger partial charge on any atom is -0.246 e. The maximum atomic E-state index is 12.5. The van der Waals surface area contributed by atoms with Crippen molar-refractivity contribution in [1.82, 2.24) is 14.3 Å². The highest BCUT2D eigenvalue weighted by atomic mass is 32.2. The van der Waals surface area contributed by atoms with Crippen molar-refractivity contribution in [2.75, 3.05) is 24.1 Å². The highest BCUT2D eigenvalue weighted by Gasteiger charge is 2.22. The van der Waals surface area contributed by atoms with E-state index in [2.05, 4.69) is 27.8 Å². The van der Waals surface area contributed by atoms with E-state index in [-0.39, 0.29) is 13.1 Å². The zero-order valence-corrected chi connectivity index (χ0v) is 16.7. The van der Waals surface area contributed by atoms with Crippen molar-refractivity contribution in [2.45, 2.75) is 4.34 Å². The number of fused-ring (bicyclic) bond motifs is 3. The molecule has 0 fully saturated rings. The van der Waals surface area contributed by atoms with Gasteiger partial charge in [0.25, 0.3) is 0 Å². The van der Waals surface area contributed by atoms with E-state index in [1.54, 1.807) is 23.1 Å². The van der Waals surface area contributed by atoms with Crippen molar-refractivity contribution >= 4 is 70.2 Å². The van der Waals surface area contributed by atoms with E-state index >= 15 is 0 Å². The standard InChI is InChI=1S/C15H16N4O2S4/c1-4-8-19(9-5-2)25(20,21)18-14-16-10-6-7-11-13(12(10)23-14)24-15(17-11)22-3/h4-7H,1-2,8-9H2,3H3,(H,16,18). The summed E-state index contributed by atoms with van der Waals surface area (Å²) >= 11 is 4.49. The molecule has 0 saturated heterocycles. The predicted octanol–water partition coefficient (Wildman–Crippen LogP) is 3.96. The fourth-order valence-corrected chi connectivity index (χ4v) is 6.21. The Morgan fingerprint density at radius 3 is 2.36 bits per heavy atom. The van der Waals surface area contributed by atoms with Gasteiger partial charge in [0.2, 0.25) is 0 Å². The van der Waals surface area contributed by atoms with E-state index in [9.17, 15) is 8.42 Å². The molecule has 0 aliphatic rings. The van der Waals surface area contributed by atoms with Crippen LogP contribution in [-0.4, -0.2) is 42.0 Å². The molecular weight excluding hydrogens is 396 g/mol. The molecule has 0 aliphatic carbocycles. The lowest BCUT2D eigenvalue weighted by Gasteiger charge is -2.18. The monoisotopic (exact) mass is 412 g/mol. The summed E-state index contributed by atoms with van der Waals surface area (Å²) in [5.74, 6) is 0. The van der Waals surface area contributed by atoms with Gasteiger partial charge in [-0.25, -0.2) is 14.7 Å². The highest BCUT2D eigenvalue weighted by molar-refractivity contribution is 8.00. The summed E-state index contributed by atoms with van der Waals surface area (Å²) in [7, 11) is -3.73. The first-order valence-electron chi connectivity index (χ1n) is 7.22. The highest BCUT2D eigenvalue weighted by Crippen LogP contribution is 2.38. The molecule has 3 aromatic rings. The minimum atomic E-state index is -3.73. The molecule has 6 nitrogen and oxygen atoms in total. The number of hydrogen-bond donors (Lipinski definition) is 1. The Morgan fingerprint density at radius 1 is 1.16 bits per heavy atom. The van der Waals surface area contributed by atoms with Crippen LogP contribution in [0, 0.1) is 0 Å². The Hall–Kier alpha value is -1.46. The van der Waals surface area contributed by atoms with Crippen molar-refractivity contribution in [3.8, 4) is 0 Å². The third-order valence-electron chi connectivity index (χ3n) is 3.29. The second-order valence-corrected chi connectivity index (χ2v) is 9.69. The average molecular weight is 413 g/mol. The topological polar surface area (TPSA) is 75.2 Å². The van der Waals surface area contributed by atoms with E-state index in [0.29, 0.717) is 5.13 Å². The zero-order chi connectivity index (χ0) is 18.0. The molecule has 0 radical (unpaired) electrons. The van der Waals surface area contributed by atoms with Gasteiger partial charge in [-0.05, 0) is 18.4 Å². The first-order chi connectivity index (χ1) is 12.0. The molecule has 0 aliphatic heterocycles. The molecule has 2 aromatic heterocycles. The van der Waals surface area contributed by atoms with Crippen LogP contribution < -0.4 is 4.72 Å². The SMILES string of the molecule is C=CCN(CC=C)S(=O)(=O)Nc1nc2ccc3nc(SC)sc3c2s1. The molecule has 132 valence electrons. The van der Waals surface area contributed by atoms with E-state index in [4.69, 9.17) is 0 Å². The fraction of sp³-hybridized carbons (Fsp3) is 0.200. The first kappa shape index (κ1) is 18.3. The number of thiazole rings is 2. The molecule has 2 heterocycles. The molecule has 3 rings (SSSR count). The average Bonchev–Trinajstić information content (AvgIpc) is 3.16. The number of benzene rings is 1. The van der Waals surface area contributed by atoms with Gasteiger partial charge in [0.15, 0.2) is 9.47 Å². The first-order valence-corrected chi connectivity index (χ1v) is 11.5. The normalized spacial score (nSPS) is 12.1. The Bertz CT molecular complexity index is 1030. The maximum Gasteiger partial charge on any atom is 0.303 e. The zero-order valence-electron chi connectivity index (χ0n) is 13.4. The summed E-state index contributed by atoms with van der Waals surface area (Å²) in [6, 6.07) is 3.77. The van der Waals surface area contributed by atoms with Gasteiger partial charge in [-0.15, -0.1) is 24.5 Å². The van der Waals surface area contributed by atoms with Crippen LogP contribution in [0.4, 0.5) is 5.13 Å². The van der Waals surface area contributed by atoms with Crippen LogP contribution in [0.3, 0.4) is 0 Å². The van der Waals surface area contributed by atoms with Gasteiger partial charge in [-0.2, -0.15) is 12.7 Å². The van der Waals surface area contributed by atoms with Gasteiger partial charge in [-0.1, -0.05) is 35.3 Å². The van der Waals surface area contributed by atoms with Crippen molar-refractivity contribution in [1.29, 1.82) is 0 Å². The Kier molecular flexibility index (Phi) is 5.44. The lowest BCUT2D eigenvalue weighted by molar-refractivity contribution is 0.479. The van der Waals surface area contributed by atoms with Crippen LogP contribution >= 0.6 is 34.4 Å². The molecule has 10 heteroatoms. The van der Waals surface area contributed by atoms with Crippen LogP contribution in [-0.2, 0) is 10.2 Å². The van der Waals surface area contributed by atoms with Crippen LogP contribution in [0.2, 0.25) is 0 Å². The second kappa shape index (κ2) is 7.42. The molecule has 1 aromatic carbocycles. The molecule has 0 saturated carbocycles. The summed E-state index contributed by atoms with van der Waals surface area (Å²) in [5, 5.41) is 0.333. The summed E-state index contributed by atoms with van der Waals surface area (Å²) in [6.07, 6.45) is 5.05. The van der Waals surface area contributed by atoms with Gasteiger partial charge in [0.05, 0.1) is 20.4 Å². The largest absolute Gasteiger partial charge is 0.303 e. The number of hydrogen-bond acceptors (Lipinski definition) is 7. The lowest BCUT2D eigenvalue weighted by Crippen LogP contribution is -2.36. The molecule has 1 N–H and O–H groups in total. The molecule has 0 unspecified atom stereocenters. The quantitative estimate of drug-likeness (QED) is 0.448. The fourth-order valence-electron chi connectivity index (χ4n) is 2.22. The number of thioether (sulfide) groups is 1. The van der Waals surface area contributed by atoms with Gasteiger partial charge in [0.1, 0.15) is 0 Å². The Labute approximate surface area is 158 Å². The minimum absolute atomic E-state index is 0.197. The van der Waals surface area contributed by atoms with Crippen LogP contribution in [0.1, 0.15) is 0 Å². The Morgan fingerprint density at radius 2 is 1.76 bits per heavy atom. The van der Waals surface area contributed by atoms with Crippen LogP contribution in [0.15, 0.2) is 41.8 Å². The predicted molar refractivity (Wildman–Crippen MR) is 109 cm³/mol. The van der Waals surface area contributed by atoms with Crippen LogP contribution in [0.25, 0.3) is 20.4 Å². The molecule has 0 bridgehead atoms. The third-order valence-corrected chi connectivity index (χ3v) is 8.05. The van der Waals surface area contributed by atoms with Gasteiger partial charge in [0, 0.05) is 13.1 Å². The molecule has 0 amide bonds. The van der Waals surface area contributed by atoms with Gasteiger partial charge >= 0.3 is 10.2 Å². The van der Waals surface area contributed by atoms with Crippen molar-refractivity contribution in [3.05, 3.63) is 37.4 Å². The molecule has 0 spiro atoms. The van der Waals surface area contributed by atoms with E-state index in [1.807, 2.05) is 18.4 Å². The number of nitrogens with one attached hydrogen (secondary N) is 1. The van der Waals surface area contributed by atoms with Crippen molar-refractivity contribution < 1.29 is 8.42 Å². The third kappa shape index (κ3) is 3.72. The Balaban J connectivity index is 1.98. The molecule has 25 heavy (non-hydrogen) atoms. The summed E-state index contributed by atoms with van der Waals surface area (Å²) in [5.41, 5.74) is 1.66. The smallest absolute Gasteiger partial charge is 0.246 e. The summed E-state index contributed by atoms with van der Waals surface area (Å²) in [4.78, 5) is 8.94. The summed E-state index contributed by atoms with van der Waals surface area (Å²) < 4.78 is 31.8. The number of anilines is 1. The van der Waals surface area contributed by atoms with Crippen molar-refractivity contribution in [2.24, 2.45) is 0 Å². The van der Waals surface area contributed by atoms with E-state index < -0.39 is 10.2 Å². The van der Waals surface area contributed by atoms with Crippen LogP contribution in [0.5, 0.6) is 0 Å². The number of aromatic nitrogens is 2. The van der Waals surface area contributed by atoms with Gasteiger partial charge in [-0.3, -0.25) is 0 Å². The van der Waals surface area contributed by atoms with Crippen molar-refractivity contribution in [3.63, 3.8) is 0 Å². The molecule has 0 atom stereocenters. The number of rotatable bonds is 8. The summed E-state index contributed by atoms with van der Waals surface area (Å²) in [6.45, 7) is 7.58. The van der Waals surface area contributed by atoms with E-state index in [1.165, 1.54) is 27.8 Å². The molecular formula is C15H16N4O2S4. The lowest BCUT2D eigenvalue weighted by atomic mass is 10.3. The maximum absolute atomic E-state index is 12.5. The van der Waals surface area contributed by atoms with E-state index in [0.717, 1.165) is 24.8 Å².